The number of nitrogens with zero attached hydrogens (tertiary/aromatic N) is 2. The van der Waals surface area contributed by atoms with Crippen molar-refractivity contribution < 1.29 is 9.18 Å². The Morgan fingerprint density at radius 2 is 2.04 bits per heavy atom. The van der Waals surface area contributed by atoms with Gasteiger partial charge >= 0.3 is 6.03 Å². The van der Waals surface area contributed by atoms with Crippen LogP contribution in [0.25, 0.3) is 0 Å². The SMILES string of the molecule is O=C(NCc1ccc(F)cc1)NC[C@H](c1cccs1)n1cccn1. The van der Waals surface area contributed by atoms with Gasteiger partial charge in [0.25, 0.3) is 0 Å². The molecule has 3 aromatic rings. The quantitative estimate of drug-likeness (QED) is 0.721. The number of carbonyl (C=O) groups excluding carboxylic acids is 1. The van der Waals surface area contributed by atoms with Crippen molar-refractivity contribution in [2.75, 3.05) is 6.54 Å². The molecule has 0 saturated carbocycles. The first kappa shape index (κ1) is 16.2. The van der Waals surface area contributed by atoms with Gasteiger partial charge in [-0.05, 0) is 35.2 Å². The van der Waals surface area contributed by atoms with Crippen molar-refractivity contribution in [2.45, 2.75) is 12.6 Å². The van der Waals surface area contributed by atoms with E-state index < -0.39 is 0 Å². The molecule has 2 amide bonds. The van der Waals surface area contributed by atoms with Crippen LogP contribution in [-0.2, 0) is 6.54 Å². The number of carbonyl (C=O) groups is 1. The van der Waals surface area contributed by atoms with Gasteiger partial charge in [-0.2, -0.15) is 5.10 Å². The molecular weight excluding hydrogens is 327 g/mol. The molecule has 0 saturated heterocycles. The summed E-state index contributed by atoms with van der Waals surface area (Å²) in [5, 5.41) is 11.9. The van der Waals surface area contributed by atoms with Crippen LogP contribution in [0.2, 0.25) is 0 Å². The molecule has 124 valence electrons. The van der Waals surface area contributed by atoms with Gasteiger partial charge in [0.2, 0.25) is 0 Å². The van der Waals surface area contributed by atoms with Crippen molar-refractivity contribution in [2.24, 2.45) is 0 Å². The number of benzene rings is 1. The molecule has 0 aliphatic heterocycles. The van der Waals surface area contributed by atoms with Crippen LogP contribution < -0.4 is 10.6 Å². The molecule has 0 bridgehead atoms. The van der Waals surface area contributed by atoms with Gasteiger partial charge in [0, 0.05) is 30.4 Å². The fourth-order valence-corrected chi connectivity index (χ4v) is 3.13. The molecule has 1 aromatic carbocycles. The minimum Gasteiger partial charge on any atom is -0.336 e. The van der Waals surface area contributed by atoms with Crippen molar-refractivity contribution in [3.8, 4) is 0 Å². The van der Waals surface area contributed by atoms with Crippen molar-refractivity contribution >= 4 is 17.4 Å². The minimum atomic E-state index is -0.291. The number of urea groups is 1. The lowest BCUT2D eigenvalue weighted by Gasteiger charge is -2.17. The third-order valence-electron chi connectivity index (χ3n) is 3.54. The summed E-state index contributed by atoms with van der Waals surface area (Å²) in [6, 6.07) is 11.6. The fraction of sp³-hybridized carbons (Fsp3) is 0.176. The van der Waals surface area contributed by atoms with Crippen LogP contribution in [0.5, 0.6) is 0 Å². The average Bonchev–Trinajstić information content (AvgIpc) is 3.29. The zero-order valence-electron chi connectivity index (χ0n) is 12.9. The van der Waals surface area contributed by atoms with Gasteiger partial charge in [0.1, 0.15) is 11.9 Å². The normalized spacial score (nSPS) is 11.9. The molecule has 0 spiro atoms. The van der Waals surface area contributed by atoms with E-state index in [2.05, 4.69) is 15.7 Å². The predicted octanol–water partition coefficient (Wildman–Crippen LogP) is 3.17. The number of halogens is 1. The molecule has 2 N–H and O–H groups in total. The zero-order valence-corrected chi connectivity index (χ0v) is 13.7. The molecule has 0 fully saturated rings. The Bertz CT molecular complexity index is 722. The van der Waals surface area contributed by atoms with Crippen molar-refractivity contribution in [3.05, 3.63) is 76.5 Å². The maximum absolute atomic E-state index is 12.9. The number of amides is 2. The maximum atomic E-state index is 12.9. The van der Waals surface area contributed by atoms with Gasteiger partial charge in [0.15, 0.2) is 0 Å². The smallest absolute Gasteiger partial charge is 0.315 e. The number of rotatable bonds is 6. The van der Waals surface area contributed by atoms with E-state index in [1.165, 1.54) is 12.1 Å². The summed E-state index contributed by atoms with van der Waals surface area (Å²) < 4.78 is 14.7. The van der Waals surface area contributed by atoms with Crippen LogP contribution in [0.1, 0.15) is 16.5 Å². The highest BCUT2D eigenvalue weighted by molar-refractivity contribution is 7.10. The summed E-state index contributed by atoms with van der Waals surface area (Å²) in [6.07, 6.45) is 3.59. The molecule has 2 heterocycles. The topological polar surface area (TPSA) is 59.0 Å². The molecule has 24 heavy (non-hydrogen) atoms. The van der Waals surface area contributed by atoms with E-state index in [1.807, 2.05) is 34.5 Å². The zero-order chi connectivity index (χ0) is 16.8. The van der Waals surface area contributed by atoms with Crippen LogP contribution in [0.15, 0.2) is 60.2 Å². The highest BCUT2D eigenvalue weighted by Crippen LogP contribution is 2.21. The summed E-state index contributed by atoms with van der Waals surface area (Å²) in [7, 11) is 0. The standard InChI is InChI=1S/C17H17FN4OS/c18-14-6-4-13(5-7-14)11-19-17(23)20-12-15(16-3-1-10-24-16)22-9-2-8-21-22/h1-10,15H,11-12H2,(H2,19,20,23)/t15-/m1/s1. The Morgan fingerprint density at radius 3 is 2.71 bits per heavy atom. The number of hydrogen-bond donors (Lipinski definition) is 2. The number of aromatic nitrogens is 2. The second kappa shape index (κ2) is 7.74. The summed E-state index contributed by atoms with van der Waals surface area (Å²) in [6.45, 7) is 0.773. The van der Waals surface area contributed by atoms with E-state index in [4.69, 9.17) is 0 Å². The van der Waals surface area contributed by atoms with Gasteiger partial charge in [-0.15, -0.1) is 11.3 Å². The number of thiophene rings is 1. The van der Waals surface area contributed by atoms with Gasteiger partial charge in [-0.1, -0.05) is 18.2 Å². The monoisotopic (exact) mass is 344 g/mol. The molecule has 0 aliphatic carbocycles. The summed E-state index contributed by atoms with van der Waals surface area (Å²) >= 11 is 1.62. The Kier molecular flexibility index (Phi) is 5.22. The van der Waals surface area contributed by atoms with E-state index in [1.54, 1.807) is 29.7 Å². The third-order valence-corrected chi connectivity index (χ3v) is 4.51. The van der Waals surface area contributed by atoms with Crippen LogP contribution in [0.4, 0.5) is 9.18 Å². The summed E-state index contributed by atoms with van der Waals surface area (Å²) in [4.78, 5) is 13.1. The number of hydrogen-bond acceptors (Lipinski definition) is 3. The van der Waals surface area contributed by atoms with Crippen LogP contribution in [0, 0.1) is 5.82 Å². The molecule has 5 nitrogen and oxygen atoms in total. The first-order chi connectivity index (χ1) is 11.7. The third kappa shape index (κ3) is 4.20. The van der Waals surface area contributed by atoms with E-state index in [9.17, 15) is 9.18 Å². The molecule has 0 unspecified atom stereocenters. The van der Waals surface area contributed by atoms with E-state index in [0.717, 1.165) is 10.4 Å². The molecular formula is C17H17FN4OS. The minimum absolute atomic E-state index is 0.0448. The first-order valence-corrected chi connectivity index (χ1v) is 8.39. The molecule has 0 aliphatic rings. The second-order valence-electron chi connectivity index (χ2n) is 5.21. The number of nitrogens with one attached hydrogen (secondary N) is 2. The van der Waals surface area contributed by atoms with E-state index in [-0.39, 0.29) is 17.9 Å². The lowest BCUT2D eigenvalue weighted by molar-refractivity contribution is 0.239. The second-order valence-corrected chi connectivity index (χ2v) is 6.19. The van der Waals surface area contributed by atoms with Gasteiger partial charge in [-0.25, -0.2) is 9.18 Å². The highest BCUT2D eigenvalue weighted by atomic mass is 32.1. The predicted molar refractivity (Wildman–Crippen MR) is 91.3 cm³/mol. The molecule has 7 heteroatoms. The van der Waals surface area contributed by atoms with Gasteiger partial charge < -0.3 is 10.6 Å². The maximum Gasteiger partial charge on any atom is 0.315 e. The Labute approximate surface area is 143 Å². The highest BCUT2D eigenvalue weighted by Gasteiger charge is 2.16. The van der Waals surface area contributed by atoms with E-state index >= 15 is 0 Å². The van der Waals surface area contributed by atoms with Gasteiger partial charge in [0.05, 0.1) is 0 Å². The summed E-state index contributed by atoms with van der Waals surface area (Å²) in [5.41, 5.74) is 0.841. The molecule has 3 rings (SSSR count). The van der Waals surface area contributed by atoms with Crippen molar-refractivity contribution in [1.82, 2.24) is 20.4 Å². The average molecular weight is 344 g/mol. The van der Waals surface area contributed by atoms with E-state index in [0.29, 0.717) is 13.1 Å². The van der Waals surface area contributed by atoms with Crippen LogP contribution in [-0.4, -0.2) is 22.4 Å². The Morgan fingerprint density at radius 1 is 1.21 bits per heavy atom. The van der Waals surface area contributed by atoms with Crippen LogP contribution in [0.3, 0.4) is 0 Å². The van der Waals surface area contributed by atoms with Gasteiger partial charge in [-0.3, -0.25) is 4.68 Å². The van der Waals surface area contributed by atoms with Crippen molar-refractivity contribution in [3.63, 3.8) is 0 Å². The lowest BCUT2D eigenvalue weighted by atomic mass is 10.2. The largest absolute Gasteiger partial charge is 0.336 e. The Hall–Kier alpha value is -2.67. The lowest BCUT2D eigenvalue weighted by Crippen LogP contribution is -2.38. The fourth-order valence-electron chi connectivity index (χ4n) is 2.31. The molecule has 2 aromatic heterocycles. The van der Waals surface area contributed by atoms with Crippen molar-refractivity contribution in [1.29, 1.82) is 0 Å². The first-order valence-electron chi connectivity index (χ1n) is 7.51. The Balaban J connectivity index is 1.54. The van der Waals surface area contributed by atoms with Crippen LogP contribution >= 0.6 is 11.3 Å². The molecule has 1 atom stereocenters. The summed E-state index contributed by atoms with van der Waals surface area (Å²) in [5.74, 6) is -0.291. The molecule has 0 radical (unpaired) electrons.